The van der Waals surface area contributed by atoms with Gasteiger partial charge in [-0.3, -0.25) is 4.79 Å². The van der Waals surface area contributed by atoms with E-state index in [-0.39, 0.29) is 27.2 Å². The largest absolute Gasteiger partial charge is 0.425 e. The molecule has 0 amide bonds. The third-order valence-electron chi connectivity index (χ3n) is 2.58. The fourth-order valence-corrected chi connectivity index (χ4v) is 3.36. The number of allylic oxidation sites excluding steroid dienone is 3. The number of alkyl halides is 3. The van der Waals surface area contributed by atoms with Crippen molar-refractivity contribution in [1.29, 1.82) is 10.5 Å². The lowest BCUT2D eigenvalue weighted by atomic mass is 10.0. The summed E-state index contributed by atoms with van der Waals surface area (Å²) in [6.45, 7) is 0. The van der Waals surface area contributed by atoms with Crippen LogP contribution in [0.1, 0.15) is 20.1 Å². The predicted molar refractivity (Wildman–Crippen MR) is 73.9 cm³/mol. The number of halogens is 4. The van der Waals surface area contributed by atoms with E-state index in [1.165, 1.54) is 4.08 Å². The first-order valence-corrected chi connectivity index (χ1v) is 7.02. The van der Waals surface area contributed by atoms with Gasteiger partial charge in [0.15, 0.2) is 0 Å². The van der Waals surface area contributed by atoms with E-state index < -0.39 is 16.8 Å². The minimum atomic E-state index is -4.56. The average molecular weight is 406 g/mol. The van der Waals surface area contributed by atoms with E-state index >= 15 is 0 Å². The maximum Gasteiger partial charge on any atom is 0.425 e. The van der Waals surface area contributed by atoms with Crippen LogP contribution in [-0.4, -0.2) is 5.78 Å². The Morgan fingerprint density at radius 3 is 2.40 bits per heavy atom. The summed E-state index contributed by atoms with van der Waals surface area (Å²) in [4.78, 5) is 11.0. The summed E-state index contributed by atoms with van der Waals surface area (Å²) in [5, 5.41) is 17.8. The molecule has 20 heavy (non-hydrogen) atoms. The van der Waals surface area contributed by atoms with Crippen molar-refractivity contribution in [2.24, 2.45) is 0 Å². The Morgan fingerprint density at radius 2 is 1.95 bits per heavy atom. The molecular weight excluding hydrogens is 404 g/mol. The summed E-state index contributed by atoms with van der Waals surface area (Å²) in [6.07, 6.45) is -4.56. The lowest BCUT2D eigenvalue weighted by Crippen LogP contribution is -2.02. The van der Waals surface area contributed by atoms with E-state index in [0.29, 0.717) is 11.3 Å². The van der Waals surface area contributed by atoms with Gasteiger partial charge in [-0.2, -0.15) is 23.7 Å². The second-order valence-corrected chi connectivity index (χ2v) is 5.35. The summed E-state index contributed by atoms with van der Waals surface area (Å²) in [5.41, 5.74) is -0.297. The molecule has 0 bridgehead atoms. The molecule has 1 aromatic heterocycles. The maximum absolute atomic E-state index is 12.7. The number of nitriles is 2. The Hall–Kier alpha value is -1.65. The van der Waals surface area contributed by atoms with Crippen molar-refractivity contribution >= 4 is 45.3 Å². The molecule has 1 aliphatic carbocycles. The Labute approximate surface area is 128 Å². The third kappa shape index (κ3) is 2.15. The maximum atomic E-state index is 12.7. The van der Waals surface area contributed by atoms with Crippen molar-refractivity contribution in [3.63, 3.8) is 0 Å². The summed E-state index contributed by atoms with van der Waals surface area (Å²) >= 11 is 2.08. The third-order valence-corrected chi connectivity index (χ3v) is 4.39. The van der Waals surface area contributed by atoms with Crippen molar-refractivity contribution in [2.75, 3.05) is 0 Å². The number of fused-ring (bicyclic) bond motifs is 1. The molecule has 2 rings (SSSR count). The van der Waals surface area contributed by atoms with Crippen LogP contribution in [0.2, 0.25) is 0 Å². The second-order valence-electron chi connectivity index (χ2n) is 3.68. The predicted octanol–water partition coefficient (Wildman–Crippen LogP) is 4.08. The zero-order chi connectivity index (χ0) is 15.1. The molecule has 0 aliphatic heterocycles. The fourth-order valence-electron chi connectivity index (χ4n) is 1.78. The van der Waals surface area contributed by atoms with Crippen molar-refractivity contribution in [2.45, 2.75) is 6.18 Å². The van der Waals surface area contributed by atoms with E-state index in [2.05, 4.69) is 0 Å². The fraction of sp³-hybridized carbons (Fsp3) is 0.0833. The number of hydrogen-bond acceptors (Lipinski definition) is 4. The van der Waals surface area contributed by atoms with E-state index in [4.69, 9.17) is 10.5 Å². The standard InChI is InChI=1S/C12H2F3IN2OS/c13-12(14,15)8-1-6-9(5(3-17)4-18)7(2-16)10(19)11(6)20-8/h1-2H/b7-2-. The SMILES string of the molecule is N#CC(C#N)=C1/C(=C/I)C(=O)c2sc(C(F)(F)F)cc21. The molecule has 0 aromatic carbocycles. The number of thiophene rings is 1. The van der Waals surface area contributed by atoms with E-state index in [9.17, 15) is 18.0 Å². The van der Waals surface area contributed by atoms with Gasteiger partial charge in [-0.15, -0.1) is 11.3 Å². The Kier molecular flexibility index (Phi) is 3.71. The number of rotatable bonds is 0. The monoisotopic (exact) mass is 406 g/mol. The molecule has 3 nitrogen and oxygen atoms in total. The van der Waals surface area contributed by atoms with Crippen molar-refractivity contribution in [3.05, 3.63) is 36.6 Å². The van der Waals surface area contributed by atoms with Crippen LogP contribution in [0.4, 0.5) is 13.2 Å². The quantitative estimate of drug-likeness (QED) is 0.371. The zero-order valence-electron chi connectivity index (χ0n) is 9.38. The Balaban J connectivity index is 2.79. The molecular formula is C12H2F3IN2OS. The Bertz CT molecular complexity index is 743. The van der Waals surface area contributed by atoms with Gasteiger partial charge < -0.3 is 0 Å². The molecule has 0 fully saturated rings. The molecule has 0 saturated carbocycles. The van der Waals surface area contributed by atoms with Crippen LogP contribution < -0.4 is 0 Å². The van der Waals surface area contributed by atoms with Crippen molar-refractivity contribution in [3.8, 4) is 12.1 Å². The number of carbonyl (C=O) groups is 1. The van der Waals surface area contributed by atoms with E-state index in [1.54, 1.807) is 34.7 Å². The minimum absolute atomic E-state index is 0.00772. The van der Waals surface area contributed by atoms with Crippen LogP contribution in [-0.2, 0) is 6.18 Å². The number of ketones is 1. The average Bonchev–Trinajstić information content (AvgIpc) is 2.91. The first-order chi connectivity index (χ1) is 9.35. The topological polar surface area (TPSA) is 64.7 Å². The van der Waals surface area contributed by atoms with Crippen LogP contribution in [0, 0.1) is 22.7 Å². The molecule has 8 heteroatoms. The van der Waals surface area contributed by atoms with Crippen molar-refractivity contribution in [1.82, 2.24) is 0 Å². The second kappa shape index (κ2) is 5.04. The highest BCUT2D eigenvalue weighted by atomic mass is 127. The first-order valence-electron chi connectivity index (χ1n) is 4.96. The summed E-state index contributed by atoms with van der Waals surface area (Å²) in [5.74, 6) is -0.590. The lowest BCUT2D eigenvalue weighted by Gasteiger charge is -2.03. The zero-order valence-corrected chi connectivity index (χ0v) is 12.4. The number of nitrogens with zero attached hydrogens (tertiary/aromatic N) is 2. The minimum Gasteiger partial charge on any atom is -0.288 e. The van der Waals surface area contributed by atoms with Gasteiger partial charge in [0.1, 0.15) is 22.6 Å². The van der Waals surface area contributed by atoms with E-state index in [0.717, 1.165) is 6.07 Å². The van der Waals surface area contributed by atoms with Gasteiger partial charge in [0, 0.05) is 16.7 Å². The highest BCUT2D eigenvalue weighted by Gasteiger charge is 2.40. The van der Waals surface area contributed by atoms with Crippen molar-refractivity contribution < 1.29 is 18.0 Å². The van der Waals surface area contributed by atoms with Crippen LogP contribution >= 0.6 is 33.9 Å². The van der Waals surface area contributed by atoms with Gasteiger partial charge in [0.05, 0.1) is 4.88 Å². The highest BCUT2D eigenvalue weighted by Crippen LogP contribution is 2.47. The molecule has 0 N–H and O–H groups in total. The number of Topliss-reactive ketones (excluding diaryl/α,β-unsaturated/α-hetero) is 1. The van der Waals surface area contributed by atoms with Crippen LogP contribution in [0.25, 0.3) is 5.57 Å². The smallest absolute Gasteiger partial charge is 0.288 e. The Morgan fingerprint density at radius 1 is 1.35 bits per heavy atom. The molecule has 0 saturated heterocycles. The van der Waals surface area contributed by atoms with Gasteiger partial charge in [0.25, 0.3) is 0 Å². The molecule has 1 aromatic rings. The molecule has 1 aliphatic rings. The van der Waals surface area contributed by atoms with Gasteiger partial charge in [0.2, 0.25) is 5.78 Å². The highest BCUT2D eigenvalue weighted by molar-refractivity contribution is 14.1. The summed E-state index contributed by atoms with van der Waals surface area (Å²) in [7, 11) is 0. The molecule has 0 atom stereocenters. The summed E-state index contributed by atoms with van der Waals surface area (Å²) < 4.78 is 39.4. The van der Waals surface area contributed by atoms with Crippen LogP contribution in [0.3, 0.4) is 0 Å². The van der Waals surface area contributed by atoms with Gasteiger partial charge >= 0.3 is 6.18 Å². The number of hydrogen-bond donors (Lipinski definition) is 0. The molecule has 0 radical (unpaired) electrons. The number of carbonyl (C=O) groups excluding carboxylic acids is 1. The lowest BCUT2D eigenvalue weighted by molar-refractivity contribution is -0.134. The van der Waals surface area contributed by atoms with Gasteiger partial charge in [-0.05, 0) is 10.1 Å². The molecule has 0 unspecified atom stereocenters. The van der Waals surface area contributed by atoms with Crippen LogP contribution in [0.5, 0.6) is 0 Å². The van der Waals surface area contributed by atoms with Gasteiger partial charge in [-0.1, -0.05) is 22.6 Å². The van der Waals surface area contributed by atoms with E-state index in [1.807, 2.05) is 0 Å². The molecule has 100 valence electrons. The van der Waals surface area contributed by atoms with Crippen LogP contribution in [0.15, 0.2) is 21.3 Å². The normalized spacial score (nSPS) is 16.0. The summed E-state index contributed by atoms with van der Waals surface area (Å²) in [6, 6.07) is 4.04. The first kappa shape index (κ1) is 14.8. The molecule has 0 spiro atoms. The molecule has 1 heterocycles. The van der Waals surface area contributed by atoms with Gasteiger partial charge in [-0.25, -0.2) is 0 Å².